The molecule has 362 valence electrons. The maximum absolute atomic E-state index is 13.6. The van der Waals surface area contributed by atoms with Crippen LogP contribution in [0.3, 0.4) is 0 Å². The number of hydrogen-bond donors (Lipinski definition) is 11. The first-order valence-electron chi connectivity index (χ1n) is 19.2. The maximum Gasteiger partial charge on any atom is 0.472 e. The highest BCUT2D eigenvalue weighted by Crippen LogP contribution is 2.53. The smallest absolute Gasteiger partial charge is 0.387 e. The monoisotopic (exact) mass is 1010 g/mol. The van der Waals surface area contributed by atoms with Crippen molar-refractivity contribution in [1.82, 2.24) is 58.6 Å². The second kappa shape index (κ2) is 17.9. The lowest BCUT2D eigenvalue weighted by Crippen LogP contribution is -2.37. The number of hydrogen-bond acceptors (Lipinski definition) is 27. The van der Waals surface area contributed by atoms with Crippen molar-refractivity contribution in [3.63, 3.8) is 0 Å². The number of ether oxygens (including phenoxy) is 3. The molecule has 14 N–H and O–H groups in total. The van der Waals surface area contributed by atoms with Crippen LogP contribution in [0.15, 0.2) is 38.0 Å². The minimum atomic E-state index is -5.42. The molecule has 6 aromatic heterocycles. The second-order valence-electron chi connectivity index (χ2n) is 14.9. The summed E-state index contributed by atoms with van der Waals surface area (Å²) in [5.41, 5.74) is 18.0. The van der Waals surface area contributed by atoms with Crippen LogP contribution in [0.4, 0.5) is 17.5 Å². The van der Waals surface area contributed by atoms with Crippen molar-refractivity contribution in [3.8, 4) is 0 Å². The number of nitrogens with two attached hydrogens (primary N) is 3. The number of imidazole rings is 3. The van der Waals surface area contributed by atoms with Gasteiger partial charge in [0.05, 0.1) is 38.8 Å². The minimum Gasteiger partial charge on any atom is -0.387 e. The Kier molecular flexibility index (Phi) is 12.6. The first kappa shape index (κ1) is 47.2. The molecular formula is C30H38N15O19P3. The third kappa shape index (κ3) is 9.22. The number of phosphoric acid groups is 3. The SMILES string of the molecule is Nc1ncnc2c1ncn2[C@@H]1O[C@H](COP(=O)(O)OC2[C@@H](O)[C@@H](COP(=O)(O)OC3[C@@H](O)[C@@H](COP(=O)(O)O)O[C@H]3n3cnc4c(N)ncnc43)O[C@H]2n2cnc3c(N)ncnc32)[C@H](O)C1O. The number of nitrogens with zero attached hydrogens (tertiary/aromatic N) is 12. The molecule has 0 bridgehead atoms. The van der Waals surface area contributed by atoms with Gasteiger partial charge in [-0.15, -0.1) is 0 Å². The van der Waals surface area contributed by atoms with Gasteiger partial charge in [-0.25, -0.2) is 58.6 Å². The van der Waals surface area contributed by atoms with Crippen LogP contribution < -0.4 is 17.2 Å². The van der Waals surface area contributed by atoms with Gasteiger partial charge in [0.2, 0.25) is 0 Å². The van der Waals surface area contributed by atoms with Gasteiger partial charge in [0.25, 0.3) is 0 Å². The van der Waals surface area contributed by atoms with E-state index in [-0.39, 0.29) is 50.9 Å². The zero-order chi connectivity index (χ0) is 47.7. The van der Waals surface area contributed by atoms with Crippen molar-refractivity contribution in [2.45, 2.75) is 73.6 Å². The number of rotatable bonds is 16. The molecule has 67 heavy (non-hydrogen) atoms. The molecule has 3 fully saturated rings. The first-order chi connectivity index (χ1) is 31.7. The predicted octanol–water partition coefficient (Wildman–Crippen LogP) is -3.50. The van der Waals surface area contributed by atoms with Gasteiger partial charge in [-0.05, 0) is 0 Å². The molecular weight excluding hydrogens is 967 g/mol. The molecule has 9 heterocycles. The molecule has 0 radical (unpaired) electrons. The summed E-state index contributed by atoms with van der Waals surface area (Å²) in [6, 6.07) is 0. The number of aromatic nitrogens is 12. The Bertz CT molecular complexity index is 2940. The fourth-order valence-electron chi connectivity index (χ4n) is 7.53. The Hall–Kier alpha value is -4.90. The van der Waals surface area contributed by atoms with Gasteiger partial charge < -0.3 is 71.4 Å². The predicted molar refractivity (Wildman–Crippen MR) is 214 cm³/mol. The summed E-state index contributed by atoms with van der Waals surface area (Å²) in [7, 11) is -15.9. The molecule has 3 aliphatic heterocycles. The number of nitrogen functional groups attached to an aromatic ring is 3. The molecule has 6 aromatic rings. The summed E-state index contributed by atoms with van der Waals surface area (Å²) < 4.78 is 85.4. The van der Waals surface area contributed by atoms with Gasteiger partial charge in [0.15, 0.2) is 53.1 Å². The van der Waals surface area contributed by atoms with Gasteiger partial charge in [-0.3, -0.25) is 36.3 Å². The normalized spacial score (nSPS) is 31.0. The highest BCUT2D eigenvalue weighted by molar-refractivity contribution is 7.47. The van der Waals surface area contributed by atoms with Crippen LogP contribution in [0.1, 0.15) is 18.7 Å². The number of phosphoric ester groups is 3. The summed E-state index contributed by atoms with van der Waals surface area (Å²) in [6.07, 6.45) is -13.7. The zero-order valence-electron chi connectivity index (χ0n) is 33.5. The Labute approximate surface area is 371 Å². The van der Waals surface area contributed by atoms with Gasteiger partial charge in [0.1, 0.15) is 90.5 Å². The van der Waals surface area contributed by atoms with Gasteiger partial charge in [-0.1, -0.05) is 0 Å². The van der Waals surface area contributed by atoms with E-state index in [4.69, 9.17) is 49.5 Å². The molecule has 9 rings (SSSR count). The van der Waals surface area contributed by atoms with Gasteiger partial charge in [-0.2, -0.15) is 0 Å². The summed E-state index contributed by atoms with van der Waals surface area (Å²) in [5, 5.41) is 44.4. The quantitative estimate of drug-likeness (QED) is 0.0419. The lowest BCUT2D eigenvalue weighted by molar-refractivity contribution is -0.0644. The average Bonchev–Trinajstić information content (AvgIpc) is 4.13. The first-order valence-corrected chi connectivity index (χ1v) is 23.7. The number of anilines is 3. The van der Waals surface area contributed by atoms with Crippen LogP contribution in [-0.4, -0.2) is 173 Å². The van der Waals surface area contributed by atoms with Crippen LogP contribution in [0.25, 0.3) is 33.5 Å². The zero-order valence-corrected chi connectivity index (χ0v) is 36.2. The van der Waals surface area contributed by atoms with Gasteiger partial charge in [0, 0.05) is 0 Å². The summed E-state index contributed by atoms with van der Waals surface area (Å²) in [6.45, 7) is -2.85. The van der Waals surface area contributed by atoms with Crippen molar-refractivity contribution in [3.05, 3.63) is 38.0 Å². The highest BCUT2D eigenvalue weighted by atomic mass is 31.2. The van der Waals surface area contributed by atoms with Crippen molar-refractivity contribution in [2.75, 3.05) is 37.0 Å². The van der Waals surface area contributed by atoms with Crippen molar-refractivity contribution < 1.29 is 90.5 Å². The van der Waals surface area contributed by atoms with Crippen molar-refractivity contribution in [2.24, 2.45) is 0 Å². The Morgan fingerprint density at radius 2 is 0.836 bits per heavy atom. The number of aliphatic hydroxyl groups excluding tert-OH is 4. The molecule has 0 aromatic carbocycles. The van der Waals surface area contributed by atoms with E-state index in [1.807, 2.05) is 0 Å². The fraction of sp³-hybridized carbons (Fsp3) is 0.500. The number of fused-ring (bicyclic) bond motifs is 3. The van der Waals surface area contributed by atoms with Gasteiger partial charge >= 0.3 is 23.5 Å². The molecule has 14 atom stereocenters. The van der Waals surface area contributed by atoms with E-state index < -0.39 is 117 Å². The van der Waals surface area contributed by atoms with Crippen LogP contribution >= 0.6 is 23.5 Å². The van der Waals surface area contributed by atoms with Crippen molar-refractivity contribution >= 4 is 74.4 Å². The molecule has 34 nitrogen and oxygen atoms in total. The lowest BCUT2D eigenvalue weighted by Gasteiger charge is -2.25. The molecule has 0 spiro atoms. The highest BCUT2D eigenvalue weighted by Gasteiger charge is 2.53. The Morgan fingerprint density at radius 1 is 0.493 bits per heavy atom. The molecule has 0 saturated carbocycles. The van der Waals surface area contributed by atoms with Crippen LogP contribution in [0.2, 0.25) is 0 Å². The lowest BCUT2D eigenvalue weighted by atomic mass is 10.1. The average molecular weight is 1010 g/mol. The van der Waals surface area contributed by atoms with E-state index in [0.29, 0.717) is 0 Å². The molecule has 0 amide bonds. The molecule has 0 aliphatic carbocycles. The topological polar surface area (TPSA) is 496 Å². The minimum absolute atomic E-state index is 0.00856. The largest absolute Gasteiger partial charge is 0.472 e. The summed E-state index contributed by atoms with van der Waals surface area (Å²) in [5.74, 6) is -0.135. The third-order valence-electron chi connectivity index (χ3n) is 10.7. The van der Waals surface area contributed by atoms with Crippen LogP contribution in [-0.2, 0) is 50.5 Å². The molecule has 3 aliphatic rings. The molecule has 3 saturated heterocycles. The summed E-state index contributed by atoms with van der Waals surface area (Å²) >= 11 is 0. The van der Waals surface area contributed by atoms with E-state index in [1.54, 1.807) is 0 Å². The maximum atomic E-state index is 13.6. The van der Waals surface area contributed by atoms with Crippen LogP contribution in [0.5, 0.6) is 0 Å². The summed E-state index contributed by atoms with van der Waals surface area (Å²) in [4.78, 5) is 76.7. The standard InChI is InChI=1S/C30H38N15O19P3/c31-22-13-25(37-4-34-22)43(7-40-13)28-19(49)16(46)10(60-28)2-58-66(53,54)64-21-18(48)12(62-30(21)45-9-42-15-24(33)36-6-39-27(15)45)3-59-67(55,56)63-20-17(47)11(1-57-65(50,51)52)61-29(20)44-8-41-14-23(32)35-5-38-26(14)44/h4-12,16-21,28-30,46-49H,1-3H2,(H,53,54)(H,55,56)(H2,31,34,37)(H2,32,35,38)(H2,33,36,39)(H2,50,51,52)/t10-,11-,12-,16+,17+,18+,19?,20?,21?,28-,29-,30-/m1/s1. The Morgan fingerprint density at radius 3 is 1.22 bits per heavy atom. The third-order valence-corrected chi connectivity index (χ3v) is 13.1. The van der Waals surface area contributed by atoms with E-state index in [2.05, 4.69) is 49.4 Å². The van der Waals surface area contributed by atoms with E-state index >= 15 is 0 Å². The fourth-order valence-corrected chi connectivity index (χ4v) is 9.73. The second-order valence-corrected chi connectivity index (χ2v) is 18.9. The van der Waals surface area contributed by atoms with Crippen molar-refractivity contribution in [1.29, 1.82) is 0 Å². The van der Waals surface area contributed by atoms with Crippen LogP contribution in [0, 0.1) is 0 Å². The van der Waals surface area contributed by atoms with E-state index in [9.17, 15) is 53.7 Å². The Balaban J connectivity index is 0.918. The van der Waals surface area contributed by atoms with E-state index in [1.165, 1.54) is 10.9 Å². The molecule has 37 heteroatoms. The van der Waals surface area contributed by atoms with E-state index in [0.717, 1.165) is 40.8 Å². The molecule has 5 unspecified atom stereocenters. The number of aliphatic hydroxyl groups is 4.